The van der Waals surface area contributed by atoms with E-state index >= 15 is 0 Å². The van der Waals surface area contributed by atoms with Gasteiger partial charge in [0.2, 0.25) is 0 Å². The second-order valence-corrected chi connectivity index (χ2v) is 38.4. The largest absolute Gasteiger partial charge is 1.00 e. The monoisotopic (exact) mass is 828 g/mol. The van der Waals surface area contributed by atoms with E-state index in [4.69, 9.17) is 0 Å². The standard InChI is InChI=1S/C17H17.C14H29Si3.C13H10.2ClH.Zr/c1-3-12-5-7-16-14(9-12)11-15-10-13(4-2)6-8-17(15)16;1-15(2,3)12-10-11-13(16(4,5)6)14(12)17(7,8)9;1-3-7-12(8-4-1)11-13-9-5-2-6-10-13;;;/h5-11H,3-4H2,1-2H3;10H2,1-9H3;1-10H;2*1H;/q;;;;;+2/p-2. The molecule has 262 valence electrons. The molecule has 50 heavy (non-hydrogen) atoms. The topological polar surface area (TPSA) is 0 Å². The molecule has 0 saturated heterocycles. The van der Waals surface area contributed by atoms with Gasteiger partial charge in [0.25, 0.3) is 0 Å². The van der Waals surface area contributed by atoms with Gasteiger partial charge >= 0.3 is 305 Å². The van der Waals surface area contributed by atoms with Gasteiger partial charge in [0.15, 0.2) is 0 Å². The molecule has 4 aromatic rings. The fraction of sp³-hybridized carbons (Fsp3) is 0.341. The van der Waals surface area contributed by atoms with Gasteiger partial charge in [-0.15, -0.1) is 0 Å². The number of fused-ring (bicyclic) bond motifs is 3. The molecule has 0 fully saturated rings. The van der Waals surface area contributed by atoms with Crippen LogP contribution in [0.5, 0.6) is 0 Å². The normalized spacial score (nSPS) is 14.4. The van der Waals surface area contributed by atoms with Crippen LogP contribution >= 0.6 is 0 Å². The zero-order valence-corrected chi connectivity index (χ0v) is 39.2. The van der Waals surface area contributed by atoms with Crippen molar-refractivity contribution < 1.29 is 46.1 Å². The zero-order valence-electron chi connectivity index (χ0n) is 32.2. The summed E-state index contributed by atoms with van der Waals surface area (Å²) in [5.41, 5.74) is 12.1. The smallest absolute Gasteiger partial charge is 1.00 e. The van der Waals surface area contributed by atoms with Gasteiger partial charge in [0, 0.05) is 0 Å². The first kappa shape index (κ1) is 41.1. The van der Waals surface area contributed by atoms with E-state index in [0.29, 0.717) is 3.63 Å². The van der Waals surface area contributed by atoms with Crippen LogP contribution in [0.25, 0.3) is 11.1 Å². The predicted octanol–water partition coefficient (Wildman–Crippen LogP) is 6.36. The van der Waals surface area contributed by atoms with Crippen LogP contribution in [0.2, 0.25) is 58.9 Å². The Kier molecular flexibility index (Phi) is 12.9. The van der Waals surface area contributed by atoms with E-state index in [-0.39, 0.29) is 24.8 Å². The zero-order chi connectivity index (χ0) is 34.6. The summed E-state index contributed by atoms with van der Waals surface area (Å²) >= 11 is -2.91. The van der Waals surface area contributed by atoms with Crippen LogP contribution in [-0.2, 0) is 34.1 Å². The number of benzene rings is 4. The third-order valence-electron chi connectivity index (χ3n) is 10.6. The Morgan fingerprint density at radius 2 is 0.980 bits per heavy atom. The average molecular weight is 831 g/mol. The Labute approximate surface area is 326 Å². The molecule has 0 bridgehead atoms. The molecule has 0 unspecified atom stereocenters. The van der Waals surface area contributed by atoms with Gasteiger partial charge in [0.1, 0.15) is 0 Å². The number of hydrogen-bond acceptors (Lipinski definition) is 0. The van der Waals surface area contributed by atoms with Crippen molar-refractivity contribution in [2.45, 2.75) is 95.7 Å². The van der Waals surface area contributed by atoms with Crippen molar-refractivity contribution in [2.24, 2.45) is 0 Å². The van der Waals surface area contributed by atoms with Crippen molar-refractivity contribution in [1.29, 1.82) is 0 Å². The minimum absolute atomic E-state index is 0. The van der Waals surface area contributed by atoms with Gasteiger partial charge in [-0.3, -0.25) is 0 Å². The number of allylic oxidation sites excluding steroid dienone is 4. The molecule has 6 heteroatoms. The number of rotatable bonds is 9. The first-order chi connectivity index (χ1) is 22.6. The summed E-state index contributed by atoms with van der Waals surface area (Å²) in [6.07, 6.45) is 3.38. The fourth-order valence-electron chi connectivity index (χ4n) is 8.45. The average Bonchev–Trinajstić information content (AvgIpc) is 3.62. The quantitative estimate of drug-likeness (QED) is 0.173. The summed E-state index contributed by atoms with van der Waals surface area (Å²) in [6.45, 7) is 28.5. The van der Waals surface area contributed by atoms with Gasteiger partial charge in [-0.25, -0.2) is 0 Å². The fourth-order valence-corrected chi connectivity index (χ4v) is 32.0. The van der Waals surface area contributed by atoms with Crippen LogP contribution in [0.15, 0.2) is 116 Å². The van der Waals surface area contributed by atoms with E-state index in [2.05, 4.69) is 170 Å². The number of halogens is 2. The SMILES string of the molecule is CCc1ccc2c(c1)[CH]([Zr+2]([C]1=C([Si](C)(C)C)C([Si](C)(C)C)=C([Si](C)(C)C)C1)=[C](c1ccccc1)c1ccccc1)c1cc(CC)ccc1-2.[Cl-].[Cl-]. The Hall–Kier alpha value is -1.66. The molecule has 0 aromatic heterocycles. The second-order valence-electron chi connectivity index (χ2n) is 17.1. The molecule has 0 spiro atoms. The third kappa shape index (κ3) is 7.83. The summed E-state index contributed by atoms with van der Waals surface area (Å²) in [7, 11) is -4.99. The maximum Gasteiger partial charge on any atom is -1.00 e. The van der Waals surface area contributed by atoms with Crippen LogP contribution in [0.3, 0.4) is 0 Å². The summed E-state index contributed by atoms with van der Waals surface area (Å²) in [4.78, 5) is 0. The van der Waals surface area contributed by atoms with E-state index in [0.717, 1.165) is 12.8 Å². The molecular weight excluding hydrogens is 775 g/mol. The third-order valence-corrected chi connectivity index (χ3v) is 26.4. The van der Waals surface area contributed by atoms with Crippen LogP contribution in [0, 0.1) is 0 Å². The minimum atomic E-state index is -2.91. The minimum Gasteiger partial charge on any atom is -1.00 e. The van der Waals surface area contributed by atoms with Gasteiger partial charge < -0.3 is 24.8 Å². The van der Waals surface area contributed by atoms with Crippen LogP contribution < -0.4 is 24.8 Å². The molecular formula is C44H56Cl2Si3Zr. The number of hydrogen-bond donors (Lipinski definition) is 0. The van der Waals surface area contributed by atoms with E-state index < -0.39 is 45.5 Å². The van der Waals surface area contributed by atoms with Crippen molar-refractivity contribution in [1.82, 2.24) is 0 Å². The van der Waals surface area contributed by atoms with E-state index in [1.807, 2.05) is 18.9 Å². The summed E-state index contributed by atoms with van der Waals surface area (Å²) in [5, 5.41) is 5.71. The Bertz CT molecular complexity index is 1860. The molecule has 0 amide bonds. The van der Waals surface area contributed by atoms with Gasteiger partial charge in [0.05, 0.1) is 0 Å². The molecule has 0 nitrogen and oxygen atoms in total. The van der Waals surface area contributed by atoms with Gasteiger partial charge in [-0.05, 0) is 0 Å². The molecule has 4 aromatic carbocycles. The molecule has 0 radical (unpaired) electrons. The molecule has 0 heterocycles. The first-order valence-electron chi connectivity index (χ1n) is 18.2. The van der Waals surface area contributed by atoms with Crippen molar-refractivity contribution in [3.05, 3.63) is 149 Å². The Balaban J connectivity index is 0.00000281. The van der Waals surface area contributed by atoms with Crippen LogP contribution in [-0.4, -0.2) is 27.4 Å². The van der Waals surface area contributed by atoms with Gasteiger partial charge in [-0.1, -0.05) is 0 Å². The molecule has 2 aliphatic rings. The predicted molar refractivity (Wildman–Crippen MR) is 217 cm³/mol. The van der Waals surface area contributed by atoms with Crippen LogP contribution in [0.1, 0.15) is 57.3 Å². The van der Waals surface area contributed by atoms with Crippen molar-refractivity contribution >= 4 is 27.4 Å². The van der Waals surface area contributed by atoms with Crippen molar-refractivity contribution in [2.75, 3.05) is 0 Å². The Morgan fingerprint density at radius 1 is 0.560 bits per heavy atom. The molecule has 0 N–H and O–H groups in total. The summed E-state index contributed by atoms with van der Waals surface area (Å²) in [5.74, 6) is 0. The maximum atomic E-state index is 2.67. The van der Waals surface area contributed by atoms with E-state index in [1.165, 1.54) is 39.8 Å². The van der Waals surface area contributed by atoms with E-state index in [9.17, 15) is 0 Å². The molecule has 0 saturated carbocycles. The molecule has 2 aliphatic carbocycles. The molecule has 6 rings (SSSR count). The van der Waals surface area contributed by atoms with Crippen molar-refractivity contribution in [3.63, 3.8) is 0 Å². The van der Waals surface area contributed by atoms with Gasteiger partial charge in [-0.2, -0.15) is 0 Å². The number of aryl methyl sites for hydroxylation is 2. The molecule has 0 aliphatic heterocycles. The molecule has 0 atom stereocenters. The van der Waals surface area contributed by atoms with E-state index in [1.54, 1.807) is 14.3 Å². The second kappa shape index (κ2) is 15.8. The summed E-state index contributed by atoms with van der Waals surface area (Å²) in [6, 6.07) is 38.3. The first-order valence-corrected chi connectivity index (χ1v) is 32.6. The van der Waals surface area contributed by atoms with Crippen LogP contribution in [0.4, 0.5) is 0 Å². The maximum absolute atomic E-state index is 2.91. The van der Waals surface area contributed by atoms with Crippen molar-refractivity contribution in [3.8, 4) is 11.1 Å². The Morgan fingerprint density at radius 3 is 1.34 bits per heavy atom. The summed E-state index contributed by atoms with van der Waals surface area (Å²) < 4.78 is 4.10.